The third-order valence-corrected chi connectivity index (χ3v) is 5.33. The maximum atomic E-state index is 13.1. The number of allylic oxidation sites excluding steroid dienone is 3. The van der Waals surface area contributed by atoms with E-state index in [2.05, 4.69) is 33.8 Å². The van der Waals surface area contributed by atoms with Crippen LogP contribution in [-0.2, 0) is 7.05 Å². The molecule has 0 radical (unpaired) electrons. The second-order valence-corrected chi connectivity index (χ2v) is 8.39. The van der Waals surface area contributed by atoms with E-state index < -0.39 is 0 Å². The fourth-order valence-electron chi connectivity index (χ4n) is 3.43. The Morgan fingerprint density at radius 3 is 2.55 bits per heavy atom. The molecule has 5 nitrogen and oxygen atoms in total. The molecule has 0 bridgehead atoms. The lowest BCUT2D eigenvalue weighted by atomic mass is 10.1. The van der Waals surface area contributed by atoms with Crippen LogP contribution in [0, 0.1) is 0 Å². The van der Waals surface area contributed by atoms with Crippen LogP contribution in [0.25, 0.3) is 10.9 Å². The van der Waals surface area contributed by atoms with Gasteiger partial charge in [0.1, 0.15) is 6.61 Å². The van der Waals surface area contributed by atoms with Gasteiger partial charge in [0.05, 0.1) is 12.1 Å². The zero-order valence-electron chi connectivity index (χ0n) is 19.8. The Bertz CT molecular complexity index is 982. The summed E-state index contributed by atoms with van der Waals surface area (Å²) >= 11 is 0. The summed E-state index contributed by atoms with van der Waals surface area (Å²) in [7, 11) is 1.74. The number of aryl methyl sites for hydroxylation is 1. The number of nitrogen functional groups attached to an aromatic ring is 1. The highest BCUT2D eigenvalue weighted by atomic mass is 16.5. The summed E-state index contributed by atoms with van der Waals surface area (Å²) in [6.45, 7) is 9.38. The number of nitrogens with zero attached hydrogens (tertiary/aromatic N) is 1. The molecular formula is C26H38N2O3. The number of rotatable bonds is 12. The molecule has 0 aliphatic heterocycles. The molecule has 170 valence electrons. The zero-order chi connectivity index (χ0) is 22.8. The Morgan fingerprint density at radius 2 is 1.84 bits per heavy atom. The van der Waals surface area contributed by atoms with Gasteiger partial charge in [-0.05, 0) is 64.3 Å². The molecule has 0 amide bonds. The van der Waals surface area contributed by atoms with Crippen molar-refractivity contribution in [2.75, 3.05) is 18.9 Å². The van der Waals surface area contributed by atoms with Gasteiger partial charge in [-0.1, -0.05) is 43.4 Å². The fourth-order valence-corrected chi connectivity index (χ4v) is 3.43. The maximum absolute atomic E-state index is 13.1. The van der Waals surface area contributed by atoms with E-state index in [4.69, 9.17) is 15.2 Å². The van der Waals surface area contributed by atoms with Crippen LogP contribution in [0.1, 0.15) is 66.2 Å². The average molecular weight is 427 g/mol. The number of benzene rings is 1. The maximum Gasteiger partial charge on any atom is 0.297 e. The summed E-state index contributed by atoms with van der Waals surface area (Å²) in [4.78, 5) is 13.1. The van der Waals surface area contributed by atoms with Gasteiger partial charge >= 0.3 is 0 Å². The summed E-state index contributed by atoms with van der Waals surface area (Å²) in [5.74, 6) is 0.786. The SMILES string of the molecule is CCCCCCOc1c(OCC=C(C)CCC=C(C)C)c(=O)n(C)c2cc(N)ccc12. The molecule has 0 unspecified atom stereocenters. The number of hydrogen-bond acceptors (Lipinski definition) is 4. The van der Waals surface area contributed by atoms with Crippen molar-refractivity contribution in [2.24, 2.45) is 7.05 Å². The highest BCUT2D eigenvalue weighted by Gasteiger charge is 2.18. The molecule has 0 aliphatic carbocycles. The Kier molecular flexibility index (Phi) is 9.70. The van der Waals surface area contributed by atoms with Crippen LogP contribution >= 0.6 is 0 Å². The number of pyridine rings is 1. The van der Waals surface area contributed by atoms with Crippen molar-refractivity contribution in [3.8, 4) is 11.5 Å². The number of fused-ring (bicyclic) bond motifs is 1. The third-order valence-electron chi connectivity index (χ3n) is 5.33. The van der Waals surface area contributed by atoms with Gasteiger partial charge in [-0.2, -0.15) is 0 Å². The second-order valence-electron chi connectivity index (χ2n) is 8.39. The molecule has 2 N–H and O–H groups in total. The van der Waals surface area contributed by atoms with Gasteiger partial charge in [-0.3, -0.25) is 4.79 Å². The number of hydrogen-bond donors (Lipinski definition) is 1. The zero-order valence-corrected chi connectivity index (χ0v) is 19.8. The predicted octanol–water partition coefficient (Wildman–Crippen LogP) is 6.15. The van der Waals surface area contributed by atoms with Crippen molar-refractivity contribution in [3.63, 3.8) is 0 Å². The molecule has 0 fully saturated rings. The molecule has 2 aromatic rings. The average Bonchev–Trinajstić information content (AvgIpc) is 2.72. The van der Waals surface area contributed by atoms with Gasteiger partial charge in [-0.25, -0.2) is 0 Å². The molecule has 0 atom stereocenters. The molecule has 1 heterocycles. The third kappa shape index (κ3) is 7.20. The number of aromatic nitrogens is 1. The lowest BCUT2D eigenvalue weighted by molar-refractivity contribution is 0.276. The molecule has 0 aliphatic rings. The van der Waals surface area contributed by atoms with Gasteiger partial charge in [0.2, 0.25) is 5.75 Å². The lowest BCUT2D eigenvalue weighted by Gasteiger charge is -2.17. The highest BCUT2D eigenvalue weighted by molar-refractivity contribution is 5.90. The fraction of sp³-hybridized carbons (Fsp3) is 0.500. The van der Waals surface area contributed by atoms with Gasteiger partial charge in [0.15, 0.2) is 5.75 Å². The van der Waals surface area contributed by atoms with Crippen LogP contribution in [-0.4, -0.2) is 17.8 Å². The van der Waals surface area contributed by atoms with E-state index in [0.29, 0.717) is 24.7 Å². The van der Waals surface area contributed by atoms with Crippen molar-refractivity contribution >= 4 is 16.6 Å². The summed E-state index contributed by atoms with van der Waals surface area (Å²) in [6.07, 6.45) is 10.7. The first-order chi connectivity index (χ1) is 14.8. The largest absolute Gasteiger partial charge is 0.489 e. The van der Waals surface area contributed by atoms with Crippen molar-refractivity contribution in [3.05, 3.63) is 51.9 Å². The smallest absolute Gasteiger partial charge is 0.297 e. The molecule has 0 saturated carbocycles. The summed E-state index contributed by atoms with van der Waals surface area (Å²) in [6, 6.07) is 5.53. The summed E-state index contributed by atoms with van der Waals surface area (Å²) in [5.41, 5.74) is 9.67. The molecular weight excluding hydrogens is 388 g/mol. The van der Waals surface area contributed by atoms with E-state index in [1.165, 1.54) is 24.0 Å². The number of nitrogens with two attached hydrogens (primary N) is 1. The molecule has 2 rings (SSSR count). The topological polar surface area (TPSA) is 66.5 Å². The van der Waals surface area contributed by atoms with E-state index in [9.17, 15) is 4.79 Å². The van der Waals surface area contributed by atoms with Crippen molar-refractivity contribution in [1.29, 1.82) is 0 Å². The van der Waals surface area contributed by atoms with Crippen LogP contribution < -0.4 is 20.8 Å². The van der Waals surface area contributed by atoms with E-state index in [1.54, 1.807) is 17.7 Å². The van der Waals surface area contributed by atoms with Crippen LogP contribution in [0.4, 0.5) is 5.69 Å². The van der Waals surface area contributed by atoms with Crippen molar-refractivity contribution < 1.29 is 9.47 Å². The number of anilines is 1. The molecule has 1 aromatic carbocycles. The van der Waals surface area contributed by atoms with Gasteiger partial charge in [-0.15, -0.1) is 0 Å². The van der Waals surface area contributed by atoms with E-state index in [1.807, 2.05) is 18.2 Å². The monoisotopic (exact) mass is 426 g/mol. The highest BCUT2D eigenvalue weighted by Crippen LogP contribution is 2.33. The molecule has 0 spiro atoms. The van der Waals surface area contributed by atoms with Crippen molar-refractivity contribution in [1.82, 2.24) is 4.57 Å². The quantitative estimate of drug-likeness (QED) is 0.251. The Morgan fingerprint density at radius 1 is 1.06 bits per heavy atom. The minimum atomic E-state index is -0.211. The van der Waals surface area contributed by atoms with Gasteiger partial charge < -0.3 is 19.8 Å². The summed E-state index contributed by atoms with van der Waals surface area (Å²) in [5, 5.41) is 0.839. The molecule has 31 heavy (non-hydrogen) atoms. The second kappa shape index (κ2) is 12.2. The first-order valence-electron chi connectivity index (χ1n) is 11.3. The Hall–Kier alpha value is -2.69. The van der Waals surface area contributed by atoms with Gasteiger partial charge in [0, 0.05) is 18.1 Å². The van der Waals surface area contributed by atoms with Crippen LogP contribution in [0.15, 0.2) is 46.3 Å². The molecule has 0 saturated heterocycles. The number of ether oxygens (including phenoxy) is 2. The van der Waals surface area contributed by atoms with Crippen LogP contribution in [0.5, 0.6) is 11.5 Å². The van der Waals surface area contributed by atoms with E-state index in [-0.39, 0.29) is 11.3 Å². The standard InChI is InChI=1S/C26H38N2O3/c1-6-7-8-9-16-30-24-22-14-13-21(27)18-23(22)28(5)26(29)25(24)31-17-15-20(4)12-10-11-19(2)3/h11,13-15,18H,6-10,12,16-17,27H2,1-5H3. The van der Waals surface area contributed by atoms with Gasteiger partial charge in [0.25, 0.3) is 5.56 Å². The molecule has 1 aromatic heterocycles. The van der Waals surface area contributed by atoms with E-state index in [0.717, 1.165) is 36.6 Å². The normalized spacial score (nSPS) is 11.6. The Balaban J connectivity index is 2.27. The van der Waals surface area contributed by atoms with Crippen LogP contribution in [0.2, 0.25) is 0 Å². The summed E-state index contributed by atoms with van der Waals surface area (Å²) < 4.78 is 13.7. The first-order valence-corrected chi connectivity index (χ1v) is 11.3. The van der Waals surface area contributed by atoms with Crippen LogP contribution in [0.3, 0.4) is 0 Å². The Labute approximate surface area is 186 Å². The first kappa shape index (κ1) is 24.6. The lowest BCUT2D eigenvalue weighted by Crippen LogP contribution is -2.21. The number of unbranched alkanes of at least 4 members (excludes halogenated alkanes) is 3. The predicted molar refractivity (Wildman–Crippen MR) is 131 cm³/mol. The van der Waals surface area contributed by atoms with Crippen molar-refractivity contribution in [2.45, 2.75) is 66.2 Å². The molecule has 5 heteroatoms. The minimum absolute atomic E-state index is 0.211. The minimum Gasteiger partial charge on any atom is -0.489 e. The van der Waals surface area contributed by atoms with E-state index >= 15 is 0 Å².